The number of hydrogen-bond donors (Lipinski definition) is 1. The molecule has 1 amide bonds. The van der Waals surface area contributed by atoms with E-state index in [0.29, 0.717) is 24.7 Å². The molecule has 0 aliphatic carbocycles. The van der Waals surface area contributed by atoms with Crippen molar-refractivity contribution in [2.24, 2.45) is 0 Å². The second-order valence-corrected chi connectivity index (χ2v) is 7.28. The molecule has 0 saturated carbocycles. The second-order valence-electron chi connectivity index (χ2n) is 7.28. The molecule has 1 aliphatic rings. The maximum absolute atomic E-state index is 12.1. The molecule has 0 aromatic heterocycles. The molecule has 1 aromatic rings. The fourth-order valence-electron chi connectivity index (χ4n) is 3.37. The van der Waals surface area contributed by atoms with Crippen LogP contribution in [0.4, 0.5) is 10.5 Å². The molecule has 1 saturated heterocycles. The number of carbonyl (C=O) groups is 1. The van der Waals surface area contributed by atoms with Crippen molar-refractivity contribution in [2.45, 2.75) is 64.7 Å². The Balaban J connectivity index is 1.65. The first-order chi connectivity index (χ1) is 13.3. The predicted molar refractivity (Wildman–Crippen MR) is 111 cm³/mol. The SMILES string of the molecule is CCCCCCOc1ccccc1NC(=O)OCCCN1CCCCCC1. The van der Waals surface area contributed by atoms with Crippen molar-refractivity contribution in [2.75, 3.05) is 38.2 Å². The molecule has 5 nitrogen and oxygen atoms in total. The number of carbonyl (C=O) groups excluding carboxylic acids is 1. The summed E-state index contributed by atoms with van der Waals surface area (Å²) < 4.78 is 11.2. The molecule has 1 heterocycles. The van der Waals surface area contributed by atoms with Gasteiger partial charge in [0.2, 0.25) is 0 Å². The van der Waals surface area contributed by atoms with E-state index >= 15 is 0 Å². The van der Waals surface area contributed by atoms with Crippen LogP contribution in [0.3, 0.4) is 0 Å². The minimum absolute atomic E-state index is 0.409. The van der Waals surface area contributed by atoms with E-state index in [9.17, 15) is 4.79 Å². The summed E-state index contributed by atoms with van der Waals surface area (Å²) in [5.74, 6) is 0.704. The average Bonchev–Trinajstić information content (AvgIpc) is 2.95. The Morgan fingerprint density at radius 3 is 2.56 bits per heavy atom. The Morgan fingerprint density at radius 2 is 1.78 bits per heavy atom. The van der Waals surface area contributed by atoms with Crippen LogP contribution in [0, 0.1) is 0 Å². The predicted octanol–water partition coefficient (Wildman–Crippen LogP) is 5.46. The third-order valence-corrected chi connectivity index (χ3v) is 4.93. The summed E-state index contributed by atoms with van der Waals surface area (Å²) in [5, 5.41) is 2.81. The molecule has 1 N–H and O–H groups in total. The first kappa shape index (κ1) is 21.5. The molecule has 0 bridgehead atoms. The molecule has 1 aromatic carbocycles. The summed E-state index contributed by atoms with van der Waals surface area (Å²) in [5.41, 5.74) is 0.672. The molecule has 152 valence electrons. The minimum Gasteiger partial charge on any atom is -0.491 e. The zero-order chi connectivity index (χ0) is 19.2. The number of nitrogens with zero attached hydrogens (tertiary/aromatic N) is 1. The first-order valence-electron chi connectivity index (χ1n) is 10.7. The molecular formula is C22H36N2O3. The van der Waals surface area contributed by atoms with Crippen LogP contribution in [-0.2, 0) is 4.74 Å². The Morgan fingerprint density at radius 1 is 1.00 bits per heavy atom. The van der Waals surface area contributed by atoms with Crippen LogP contribution in [0.25, 0.3) is 0 Å². The van der Waals surface area contributed by atoms with Crippen molar-refractivity contribution in [3.63, 3.8) is 0 Å². The maximum Gasteiger partial charge on any atom is 0.411 e. The van der Waals surface area contributed by atoms with Crippen molar-refractivity contribution in [1.82, 2.24) is 4.90 Å². The van der Waals surface area contributed by atoms with E-state index in [1.54, 1.807) is 0 Å². The van der Waals surface area contributed by atoms with E-state index in [1.807, 2.05) is 24.3 Å². The maximum atomic E-state index is 12.1. The van der Waals surface area contributed by atoms with Gasteiger partial charge in [-0.25, -0.2) is 4.79 Å². The van der Waals surface area contributed by atoms with Crippen LogP contribution in [0.2, 0.25) is 0 Å². The highest BCUT2D eigenvalue weighted by molar-refractivity contribution is 5.86. The van der Waals surface area contributed by atoms with Crippen LogP contribution in [0.15, 0.2) is 24.3 Å². The average molecular weight is 377 g/mol. The summed E-state index contributed by atoms with van der Waals surface area (Å²) >= 11 is 0. The number of unbranched alkanes of at least 4 members (excludes halogenated alkanes) is 3. The Kier molecular flexibility index (Phi) is 10.7. The number of para-hydroxylation sites is 2. The van der Waals surface area contributed by atoms with Gasteiger partial charge in [-0.1, -0.05) is 51.2 Å². The molecule has 0 radical (unpaired) electrons. The zero-order valence-corrected chi connectivity index (χ0v) is 16.9. The summed E-state index contributed by atoms with van der Waals surface area (Å²) in [6, 6.07) is 7.53. The van der Waals surface area contributed by atoms with Crippen molar-refractivity contribution in [1.29, 1.82) is 0 Å². The van der Waals surface area contributed by atoms with Gasteiger partial charge >= 0.3 is 6.09 Å². The molecule has 0 atom stereocenters. The van der Waals surface area contributed by atoms with Gasteiger partial charge in [0.1, 0.15) is 5.75 Å². The first-order valence-corrected chi connectivity index (χ1v) is 10.7. The van der Waals surface area contributed by atoms with Crippen LogP contribution < -0.4 is 10.1 Å². The summed E-state index contributed by atoms with van der Waals surface area (Å²) in [6.07, 6.45) is 10.4. The minimum atomic E-state index is -0.409. The number of rotatable bonds is 11. The molecule has 2 rings (SSSR count). The molecule has 1 aliphatic heterocycles. The lowest BCUT2D eigenvalue weighted by atomic mass is 10.2. The molecule has 0 spiro atoms. The highest BCUT2D eigenvalue weighted by atomic mass is 16.5. The summed E-state index contributed by atoms with van der Waals surface area (Å²) in [6.45, 7) is 6.67. The lowest BCUT2D eigenvalue weighted by Crippen LogP contribution is -2.27. The van der Waals surface area contributed by atoms with Gasteiger partial charge in [-0.3, -0.25) is 5.32 Å². The van der Waals surface area contributed by atoms with Gasteiger partial charge in [0.05, 0.1) is 18.9 Å². The number of hydrogen-bond acceptors (Lipinski definition) is 4. The lowest BCUT2D eigenvalue weighted by Gasteiger charge is -2.19. The Hall–Kier alpha value is -1.75. The van der Waals surface area contributed by atoms with Gasteiger partial charge in [0.15, 0.2) is 0 Å². The lowest BCUT2D eigenvalue weighted by molar-refractivity contribution is 0.152. The largest absolute Gasteiger partial charge is 0.491 e. The summed E-state index contributed by atoms with van der Waals surface area (Å²) in [4.78, 5) is 14.6. The van der Waals surface area contributed by atoms with Crippen LogP contribution in [0.1, 0.15) is 64.7 Å². The molecule has 0 unspecified atom stereocenters. The highest BCUT2D eigenvalue weighted by Crippen LogP contribution is 2.24. The van der Waals surface area contributed by atoms with Gasteiger partial charge in [-0.15, -0.1) is 0 Å². The number of nitrogens with one attached hydrogen (secondary N) is 1. The van der Waals surface area contributed by atoms with E-state index in [2.05, 4.69) is 17.1 Å². The van der Waals surface area contributed by atoms with Crippen molar-refractivity contribution in [3.8, 4) is 5.75 Å². The Labute approximate surface area is 164 Å². The normalized spacial score (nSPS) is 15.1. The third kappa shape index (κ3) is 9.14. The number of benzene rings is 1. The summed E-state index contributed by atoms with van der Waals surface area (Å²) in [7, 11) is 0. The molecule has 27 heavy (non-hydrogen) atoms. The van der Waals surface area contributed by atoms with Gasteiger partial charge in [0.25, 0.3) is 0 Å². The Bertz CT molecular complexity index is 528. The number of likely N-dealkylation sites (tertiary alicyclic amines) is 1. The molecule has 1 fully saturated rings. The smallest absolute Gasteiger partial charge is 0.411 e. The van der Waals surface area contributed by atoms with E-state index in [4.69, 9.17) is 9.47 Å². The van der Waals surface area contributed by atoms with Crippen LogP contribution >= 0.6 is 0 Å². The third-order valence-electron chi connectivity index (χ3n) is 4.93. The van der Waals surface area contributed by atoms with Gasteiger partial charge in [-0.2, -0.15) is 0 Å². The number of anilines is 1. The molecular weight excluding hydrogens is 340 g/mol. The van der Waals surface area contributed by atoms with E-state index < -0.39 is 6.09 Å². The standard InChI is InChI=1S/C22H36N2O3/c1-2-3-4-11-18-26-21-14-8-7-13-20(21)23-22(25)27-19-12-17-24-15-9-5-6-10-16-24/h7-8,13-14H,2-6,9-12,15-19H2,1H3,(H,23,25). The number of ether oxygens (including phenoxy) is 2. The van der Waals surface area contributed by atoms with Crippen molar-refractivity contribution >= 4 is 11.8 Å². The van der Waals surface area contributed by atoms with Crippen LogP contribution in [-0.4, -0.2) is 43.8 Å². The number of amides is 1. The van der Waals surface area contributed by atoms with Crippen molar-refractivity contribution in [3.05, 3.63) is 24.3 Å². The quantitative estimate of drug-likeness (QED) is 0.521. The van der Waals surface area contributed by atoms with E-state index in [-0.39, 0.29) is 0 Å². The topological polar surface area (TPSA) is 50.8 Å². The monoisotopic (exact) mass is 376 g/mol. The molecule has 5 heteroatoms. The van der Waals surface area contributed by atoms with Gasteiger partial charge in [0, 0.05) is 6.54 Å². The van der Waals surface area contributed by atoms with Crippen molar-refractivity contribution < 1.29 is 14.3 Å². The van der Waals surface area contributed by atoms with Gasteiger partial charge in [-0.05, 0) is 50.9 Å². The van der Waals surface area contributed by atoms with Crippen LogP contribution in [0.5, 0.6) is 5.75 Å². The fourth-order valence-corrected chi connectivity index (χ4v) is 3.37. The zero-order valence-electron chi connectivity index (χ0n) is 16.9. The second kappa shape index (κ2) is 13.4. The van der Waals surface area contributed by atoms with E-state index in [0.717, 1.165) is 19.4 Å². The fraction of sp³-hybridized carbons (Fsp3) is 0.682. The van der Waals surface area contributed by atoms with E-state index in [1.165, 1.54) is 58.0 Å². The highest BCUT2D eigenvalue weighted by Gasteiger charge is 2.10. The van der Waals surface area contributed by atoms with Gasteiger partial charge < -0.3 is 14.4 Å².